The maximum atomic E-state index is 13.8. The molecule has 4 N–H and O–H groups in total. The second kappa shape index (κ2) is 13.1. The summed E-state index contributed by atoms with van der Waals surface area (Å²) in [4.78, 5) is 53.0. The molecule has 0 spiro atoms. The van der Waals surface area contributed by atoms with Crippen molar-refractivity contribution < 1.29 is 19.2 Å². The van der Waals surface area contributed by atoms with Crippen LogP contribution >= 0.6 is 0 Å². The van der Waals surface area contributed by atoms with E-state index in [0.29, 0.717) is 38.3 Å². The number of aromatic nitrogens is 1. The molecule has 1 fully saturated rings. The van der Waals surface area contributed by atoms with E-state index in [2.05, 4.69) is 21.3 Å². The fourth-order valence-electron chi connectivity index (χ4n) is 7.21. The molecule has 0 saturated heterocycles. The van der Waals surface area contributed by atoms with Crippen molar-refractivity contribution in [2.75, 3.05) is 6.54 Å². The Balaban J connectivity index is 1.50. The summed E-state index contributed by atoms with van der Waals surface area (Å²) >= 11 is 0. The van der Waals surface area contributed by atoms with Crippen molar-refractivity contribution in [2.45, 2.75) is 110 Å². The van der Waals surface area contributed by atoms with Gasteiger partial charge in [0.2, 0.25) is 17.7 Å². The van der Waals surface area contributed by atoms with Crippen molar-refractivity contribution in [3.05, 3.63) is 23.5 Å². The van der Waals surface area contributed by atoms with Crippen LogP contribution in [0.3, 0.4) is 0 Å². The van der Waals surface area contributed by atoms with Gasteiger partial charge in [-0.3, -0.25) is 19.2 Å². The Kier molecular flexibility index (Phi) is 9.89. The van der Waals surface area contributed by atoms with E-state index in [1.807, 2.05) is 27.0 Å². The van der Waals surface area contributed by atoms with Crippen molar-refractivity contribution in [1.82, 2.24) is 15.2 Å². The van der Waals surface area contributed by atoms with Gasteiger partial charge >= 0.3 is 0 Å². The number of rotatable bonds is 11. The zero-order chi connectivity index (χ0) is 28.1. The van der Waals surface area contributed by atoms with Gasteiger partial charge in [-0.2, -0.15) is 0 Å². The molecule has 1 aromatic rings. The molecule has 8 nitrogen and oxygen atoms in total. The third kappa shape index (κ3) is 6.93. The first-order valence-electron chi connectivity index (χ1n) is 15.3. The molecule has 1 aromatic heterocycles. The van der Waals surface area contributed by atoms with Crippen LogP contribution < -0.4 is 16.4 Å². The van der Waals surface area contributed by atoms with E-state index < -0.39 is 29.6 Å². The molecular weight excluding hydrogens is 492 g/mol. The monoisotopic (exact) mass is 540 g/mol. The second-order valence-electron chi connectivity index (χ2n) is 12.7. The second-order valence-corrected chi connectivity index (χ2v) is 12.7. The first-order valence-corrected chi connectivity index (χ1v) is 15.3. The molecule has 5 atom stereocenters. The van der Waals surface area contributed by atoms with Gasteiger partial charge in [0.15, 0.2) is 0 Å². The lowest BCUT2D eigenvalue weighted by Gasteiger charge is -2.34. The molecule has 216 valence electrons. The summed E-state index contributed by atoms with van der Waals surface area (Å²) in [6.45, 7) is 7.23. The SMILES string of the molecule is CCCC(C(N)=O)C(CC(C)C)C(=O)NC1CCc2ccn3c2C1C(=O)CC(C(=O)NCC1CCCCC1)C3. The third-order valence-corrected chi connectivity index (χ3v) is 9.23. The number of Topliss-reactive ketones (excluding diaryl/α,β-unsaturated/α-hetero) is 1. The number of nitrogens with zero attached hydrogens (tertiary/aromatic N) is 1. The fourth-order valence-corrected chi connectivity index (χ4v) is 7.21. The molecule has 5 unspecified atom stereocenters. The molecule has 1 saturated carbocycles. The van der Waals surface area contributed by atoms with Crippen LogP contribution in [0.2, 0.25) is 0 Å². The topological polar surface area (TPSA) is 123 Å². The van der Waals surface area contributed by atoms with Crippen LogP contribution in [0.15, 0.2) is 12.3 Å². The van der Waals surface area contributed by atoms with Crippen LogP contribution in [-0.2, 0) is 32.1 Å². The summed E-state index contributed by atoms with van der Waals surface area (Å²) in [5, 5.41) is 6.35. The van der Waals surface area contributed by atoms with Crippen LogP contribution in [0.4, 0.5) is 0 Å². The van der Waals surface area contributed by atoms with Crippen molar-refractivity contribution in [3.63, 3.8) is 0 Å². The standard InChI is InChI=1S/C31H48N4O4/c1-4-8-23(29(32)37)24(15-19(2)3)31(39)34-25-12-11-21-13-14-35-18-22(16-26(36)27(25)28(21)35)30(38)33-17-20-9-6-5-7-10-20/h13-14,19-20,22-25,27H,4-12,15-18H2,1-3H3,(H2,32,37)(H,33,38)(H,34,39). The zero-order valence-electron chi connectivity index (χ0n) is 24.0. The number of hydrogen-bond acceptors (Lipinski definition) is 4. The van der Waals surface area contributed by atoms with E-state index in [9.17, 15) is 19.2 Å². The minimum atomic E-state index is -0.525. The van der Waals surface area contributed by atoms with E-state index in [-0.39, 0.29) is 36.0 Å². The highest BCUT2D eigenvalue weighted by atomic mass is 16.2. The van der Waals surface area contributed by atoms with Gasteiger partial charge in [-0.15, -0.1) is 0 Å². The molecule has 8 heteroatoms. The molecular formula is C31H48N4O4. The number of ketones is 1. The molecule has 0 radical (unpaired) electrons. The van der Waals surface area contributed by atoms with Crippen molar-refractivity contribution in [2.24, 2.45) is 35.3 Å². The Hall–Kier alpha value is -2.64. The molecule has 3 aliphatic rings. The molecule has 4 rings (SSSR count). The van der Waals surface area contributed by atoms with Gasteiger partial charge in [0, 0.05) is 49.3 Å². The largest absolute Gasteiger partial charge is 0.369 e. The molecule has 1 aliphatic heterocycles. The lowest BCUT2D eigenvalue weighted by atomic mass is 9.78. The molecule has 0 bridgehead atoms. The maximum Gasteiger partial charge on any atom is 0.225 e. The average molecular weight is 541 g/mol. The van der Waals surface area contributed by atoms with E-state index in [4.69, 9.17) is 5.73 Å². The third-order valence-electron chi connectivity index (χ3n) is 9.23. The highest BCUT2D eigenvalue weighted by Gasteiger charge is 2.43. The predicted octanol–water partition coefficient (Wildman–Crippen LogP) is 3.85. The van der Waals surface area contributed by atoms with Gasteiger partial charge in [-0.05, 0) is 62.0 Å². The molecule has 0 aromatic carbocycles. The van der Waals surface area contributed by atoms with E-state index in [0.717, 1.165) is 36.9 Å². The Bertz CT molecular complexity index is 1040. The number of amides is 3. The summed E-state index contributed by atoms with van der Waals surface area (Å²) in [6.07, 6.45) is 11.5. The lowest BCUT2D eigenvalue weighted by molar-refractivity contribution is -0.135. The maximum absolute atomic E-state index is 13.8. The van der Waals surface area contributed by atoms with Crippen LogP contribution in [0.1, 0.15) is 102 Å². The average Bonchev–Trinajstić information content (AvgIpc) is 3.24. The number of nitrogens with one attached hydrogen (secondary N) is 2. The van der Waals surface area contributed by atoms with E-state index in [1.54, 1.807) is 0 Å². The van der Waals surface area contributed by atoms with Crippen LogP contribution in [0.25, 0.3) is 0 Å². The van der Waals surface area contributed by atoms with Gasteiger partial charge in [-0.25, -0.2) is 0 Å². The number of carbonyl (C=O) groups is 4. The van der Waals surface area contributed by atoms with Gasteiger partial charge in [0.05, 0.1) is 11.8 Å². The first-order chi connectivity index (χ1) is 18.7. The molecule has 2 heterocycles. The summed E-state index contributed by atoms with van der Waals surface area (Å²) in [6, 6.07) is 1.70. The number of carbonyl (C=O) groups excluding carboxylic acids is 4. The Morgan fingerprint density at radius 1 is 1.10 bits per heavy atom. The Morgan fingerprint density at radius 2 is 1.85 bits per heavy atom. The quantitative estimate of drug-likeness (QED) is 0.394. The van der Waals surface area contributed by atoms with Crippen LogP contribution in [0, 0.1) is 29.6 Å². The van der Waals surface area contributed by atoms with Crippen molar-refractivity contribution in [3.8, 4) is 0 Å². The van der Waals surface area contributed by atoms with Gasteiger partial charge < -0.3 is 20.9 Å². The normalized spacial score (nSPS) is 24.9. The van der Waals surface area contributed by atoms with Crippen LogP contribution in [-0.4, -0.2) is 40.7 Å². The lowest BCUT2D eigenvalue weighted by Crippen LogP contribution is -2.49. The summed E-state index contributed by atoms with van der Waals surface area (Å²) in [7, 11) is 0. The smallest absolute Gasteiger partial charge is 0.225 e. The zero-order valence-corrected chi connectivity index (χ0v) is 24.0. The highest BCUT2D eigenvalue weighted by molar-refractivity contribution is 5.93. The number of primary amides is 1. The number of hydrogen-bond donors (Lipinski definition) is 3. The molecule has 39 heavy (non-hydrogen) atoms. The minimum Gasteiger partial charge on any atom is -0.369 e. The molecule has 3 amide bonds. The number of aryl methyl sites for hydroxylation is 1. The first kappa shape index (κ1) is 29.3. The van der Waals surface area contributed by atoms with Gasteiger partial charge in [0.25, 0.3) is 0 Å². The fraction of sp³-hybridized carbons (Fsp3) is 0.742. The minimum absolute atomic E-state index is 0.0111. The Morgan fingerprint density at radius 3 is 2.51 bits per heavy atom. The Labute approximate surface area is 233 Å². The van der Waals surface area contributed by atoms with Crippen molar-refractivity contribution >= 4 is 23.5 Å². The molecule has 2 aliphatic carbocycles. The highest BCUT2D eigenvalue weighted by Crippen LogP contribution is 2.38. The van der Waals surface area contributed by atoms with Gasteiger partial charge in [0.1, 0.15) is 5.78 Å². The van der Waals surface area contributed by atoms with E-state index in [1.165, 1.54) is 19.3 Å². The predicted molar refractivity (Wildman–Crippen MR) is 151 cm³/mol. The van der Waals surface area contributed by atoms with Gasteiger partial charge in [-0.1, -0.05) is 46.5 Å². The summed E-state index contributed by atoms with van der Waals surface area (Å²) in [5.41, 5.74) is 7.82. The summed E-state index contributed by atoms with van der Waals surface area (Å²) < 4.78 is 2.07. The van der Waals surface area contributed by atoms with E-state index >= 15 is 0 Å². The summed E-state index contributed by atoms with van der Waals surface area (Å²) in [5.74, 6) is -1.86. The number of nitrogens with two attached hydrogens (primary N) is 1. The van der Waals surface area contributed by atoms with Crippen molar-refractivity contribution in [1.29, 1.82) is 0 Å². The van der Waals surface area contributed by atoms with Crippen LogP contribution in [0.5, 0.6) is 0 Å².